The predicted octanol–water partition coefficient (Wildman–Crippen LogP) is 3.87. The molecule has 0 spiro atoms. The molecule has 0 bridgehead atoms. The van der Waals surface area contributed by atoms with Crippen LogP contribution < -0.4 is 10.6 Å². The van der Waals surface area contributed by atoms with Crippen LogP contribution in [-0.2, 0) is 4.79 Å². The van der Waals surface area contributed by atoms with E-state index in [1.165, 1.54) is 4.90 Å². The van der Waals surface area contributed by atoms with Gasteiger partial charge in [-0.05, 0) is 43.7 Å². The van der Waals surface area contributed by atoms with Crippen LogP contribution in [0.3, 0.4) is 0 Å². The van der Waals surface area contributed by atoms with Gasteiger partial charge in [0.05, 0.1) is 10.6 Å². The maximum atomic E-state index is 12.1. The first-order valence-corrected chi connectivity index (χ1v) is 11.5. The Morgan fingerprint density at radius 1 is 1.18 bits per heavy atom. The Balaban J connectivity index is 1.46. The van der Waals surface area contributed by atoms with Crippen molar-refractivity contribution in [1.82, 2.24) is 25.2 Å². The minimum Gasteiger partial charge on any atom is -0.508 e. The Morgan fingerprint density at radius 2 is 2.03 bits per heavy atom. The van der Waals surface area contributed by atoms with Gasteiger partial charge in [0.1, 0.15) is 11.3 Å². The molecule has 1 aliphatic rings. The Labute approximate surface area is 199 Å². The van der Waals surface area contributed by atoms with Crippen molar-refractivity contribution in [2.24, 2.45) is 0 Å². The summed E-state index contributed by atoms with van der Waals surface area (Å²) in [6.07, 6.45) is 5.29. The van der Waals surface area contributed by atoms with Gasteiger partial charge in [-0.1, -0.05) is 12.1 Å². The van der Waals surface area contributed by atoms with Gasteiger partial charge in [-0.25, -0.2) is 14.8 Å². The second kappa shape index (κ2) is 8.38. The van der Waals surface area contributed by atoms with Crippen LogP contribution in [0.5, 0.6) is 5.75 Å². The minimum atomic E-state index is -0.908. The molecule has 10 heteroatoms. The number of carbonyl (C=O) groups is 2. The number of thiophene rings is 1. The quantitative estimate of drug-likeness (QED) is 0.363. The zero-order valence-electron chi connectivity index (χ0n) is 18.6. The van der Waals surface area contributed by atoms with E-state index in [1.807, 2.05) is 24.4 Å². The second-order valence-corrected chi connectivity index (χ2v) is 9.51. The van der Waals surface area contributed by atoms with Crippen LogP contribution in [0, 0.1) is 0 Å². The van der Waals surface area contributed by atoms with Gasteiger partial charge in [-0.3, -0.25) is 15.1 Å². The van der Waals surface area contributed by atoms with E-state index in [1.54, 1.807) is 55.8 Å². The zero-order valence-corrected chi connectivity index (χ0v) is 19.4. The molecule has 4 aromatic rings. The summed E-state index contributed by atoms with van der Waals surface area (Å²) in [5, 5.41) is 16.5. The number of pyridine rings is 1. The standard InChI is InChI=1S/C24H22N6O3S/c1-24(2)21(32)29-23(33)30(24)9-8-26-22-27-13-17(14-4-3-5-16(31)10-14)20(28-22)19-11-15-12-25-7-6-18(15)34-19/h3-7,10-13,31H,8-9H2,1-2H3,(H,26,27,28)(H,29,32,33). The molecule has 4 heterocycles. The molecule has 34 heavy (non-hydrogen) atoms. The minimum absolute atomic E-state index is 0.159. The first-order chi connectivity index (χ1) is 16.3. The maximum Gasteiger partial charge on any atom is 0.325 e. The van der Waals surface area contributed by atoms with Crippen molar-refractivity contribution in [2.75, 3.05) is 18.4 Å². The van der Waals surface area contributed by atoms with Crippen molar-refractivity contribution < 1.29 is 14.7 Å². The molecule has 1 aliphatic heterocycles. The van der Waals surface area contributed by atoms with Crippen LogP contribution in [0.25, 0.3) is 31.8 Å². The number of amides is 3. The molecule has 5 rings (SSSR count). The van der Waals surface area contributed by atoms with Crippen molar-refractivity contribution in [3.8, 4) is 27.4 Å². The molecule has 1 saturated heterocycles. The molecule has 3 amide bonds. The SMILES string of the molecule is CC1(C)C(=O)NC(=O)N1CCNc1ncc(-c2cccc(O)c2)c(-c2cc3cnccc3s2)n1. The Hall–Kier alpha value is -4.05. The summed E-state index contributed by atoms with van der Waals surface area (Å²) in [6, 6.07) is 10.6. The lowest BCUT2D eigenvalue weighted by atomic mass is 10.0. The number of hydrogen-bond donors (Lipinski definition) is 3. The van der Waals surface area contributed by atoms with E-state index < -0.39 is 11.6 Å². The fourth-order valence-electron chi connectivity index (χ4n) is 3.90. The zero-order chi connectivity index (χ0) is 23.9. The maximum absolute atomic E-state index is 12.1. The normalized spacial score (nSPS) is 15.1. The number of fused-ring (bicyclic) bond motifs is 1. The molecule has 0 atom stereocenters. The van der Waals surface area contributed by atoms with E-state index in [0.29, 0.717) is 19.0 Å². The van der Waals surface area contributed by atoms with Gasteiger partial charge in [0, 0.05) is 47.3 Å². The molecule has 0 radical (unpaired) electrons. The second-order valence-electron chi connectivity index (χ2n) is 8.43. The highest BCUT2D eigenvalue weighted by Gasteiger charge is 2.45. The van der Waals surface area contributed by atoms with Crippen molar-refractivity contribution in [1.29, 1.82) is 0 Å². The monoisotopic (exact) mass is 474 g/mol. The van der Waals surface area contributed by atoms with E-state index >= 15 is 0 Å². The predicted molar refractivity (Wildman–Crippen MR) is 131 cm³/mol. The Bertz CT molecular complexity index is 1380. The Morgan fingerprint density at radius 3 is 2.76 bits per heavy atom. The van der Waals surface area contributed by atoms with Gasteiger partial charge in [0.25, 0.3) is 5.91 Å². The number of aromatic nitrogens is 3. The van der Waals surface area contributed by atoms with Gasteiger partial charge in [-0.15, -0.1) is 11.3 Å². The molecule has 1 fully saturated rings. The summed E-state index contributed by atoms with van der Waals surface area (Å²) in [7, 11) is 0. The average Bonchev–Trinajstić information content (AvgIpc) is 3.33. The molecule has 3 N–H and O–H groups in total. The molecule has 9 nitrogen and oxygen atoms in total. The van der Waals surface area contributed by atoms with E-state index in [9.17, 15) is 14.7 Å². The highest BCUT2D eigenvalue weighted by molar-refractivity contribution is 7.22. The third-order valence-electron chi connectivity index (χ3n) is 5.81. The highest BCUT2D eigenvalue weighted by Crippen LogP contribution is 2.38. The lowest BCUT2D eigenvalue weighted by molar-refractivity contribution is -0.125. The van der Waals surface area contributed by atoms with E-state index in [-0.39, 0.29) is 11.7 Å². The van der Waals surface area contributed by atoms with Crippen molar-refractivity contribution in [3.05, 3.63) is 55.0 Å². The van der Waals surface area contributed by atoms with E-state index in [2.05, 4.69) is 20.6 Å². The number of rotatable bonds is 6. The molecule has 172 valence electrons. The number of hydrogen-bond acceptors (Lipinski definition) is 8. The number of benzene rings is 1. The molecular formula is C24H22N6O3S. The largest absolute Gasteiger partial charge is 0.508 e. The number of phenols is 1. The van der Waals surface area contributed by atoms with Crippen LogP contribution in [0.2, 0.25) is 0 Å². The summed E-state index contributed by atoms with van der Waals surface area (Å²) < 4.78 is 1.09. The third kappa shape index (κ3) is 3.92. The van der Waals surface area contributed by atoms with Crippen LogP contribution in [0.4, 0.5) is 10.7 Å². The average molecular weight is 475 g/mol. The number of aromatic hydroxyl groups is 1. The van der Waals surface area contributed by atoms with Crippen LogP contribution >= 0.6 is 11.3 Å². The number of carbonyl (C=O) groups excluding carboxylic acids is 2. The fourth-order valence-corrected chi connectivity index (χ4v) is 4.93. The molecule has 0 aliphatic carbocycles. The molecule has 1 aromatic carbocycles. The lowest BCUT2D eigenvalue weighted by Gasteiger charge is -2.27. The summed E-state index contributed by atoms with van der Waals surface area (Å²) in [4.78, 5) is 40.0. The van der Waals surface area contributed by atoms with Gasteiger partial charge < -0.3 is 15.3 Å². The summed E-state index contributed by atoms with van der Waals surface area (Å²) in [5.74, 6) is 0.247. The van der Waals surface area contributed by atoms with Gasteiger partial charge >= 0.3 is 6.03 Å². The van der Waals surface area contributed by atoms with E-state index in [0.717, 1.165) is 31.8 Å². The third-order valence-corrected chi connectivity index (χ3v) is 6.93. The number of phenolic OH excluding ortho intramolecular Hbond substituents is 1. The molecule has 0 unspecified atom stereocenters. The van der Waals surface area contributed by atoms with Crippen LogP contribution in [0.1, 0.15) is 13.8 Å². The summed E-state index contributed by atoms with van der Waals surface area (Å²) in [5.41, 5.74) is 1.39. The first-order valence-electron chi connectivity index (χ1n) is 10.7. The fraction of sp³-hybridized carbons (Fsp3) is 0.208. The number of urea groups is 1. The van der Waals surface area contributed by atoms with Gasteiger partial charge in [0.2, 0.25) is 5.95 Å². The lowest BCUT2D eigenvalue weighted by Crippen LogP contribution is -2.46. The number of nitrogens with one attached hydrogen (secondary N) is 2. The number of imide groups is 1. The summed E-state index contributed by atoms with van der Waals surface area (Å²) in [6.45, 7) is 4.10. The van der Waals surface area contributed by atoms with Crippen LogP contribution in [0.15, 0.2) is 55.0 Å². The number of anilines is 1. The first kappa shape index (κ1) is 21.8. The highest BCUT2D eigenvalue weighted by atomic mass is 32.1. The summed E-state index contributed by atoms with van der Waals surface area (Å²) >= 11 is 1.60. The van der Waals surface area contributed by atoms with Crippen molar-refractivity contribution >= 4 is 39.3 Å². The molecular weight excluding hydrogens is 452 g/mol. The van der Waals surface area contributed by atoms with Crippen molar-refractivity contribution in [3.63, 3.8) is 0 Å². The number of nitrogens with zero attached hydrogens (tertiary/aromatic N) is 4. The topological polar surface area (TPSA) is 120 Å². The molecule has 0 saturated carbocycles. The van der Waals surface area contributed by atoms with Gasteiger partial charge in [0.15, 0.2) is 0 Å². The Kier molecular flexibility index (Phi) is 5.37. The molecule has 3 aromatic heterocycles. The smallest absolute Gasteiger partial charge is 0.325 e. The van der Waals surface area contributed by atoms with E-state index in [4.69, 9.17) is 4.98 Å². The van der Waals surface area contributed by atoms with Crippen LogP contribution in [-0.4, -0.2) is 55.5 Å². The van der Waals surface area contributed by atoms with Gasteiger partial charge in [-0.2, -0.15) is 0 Å². The van der Waals surface area contributed by atoms with Crippen molar-refractivity contribution in [2.45, 2.75) is 19.4 Å².